The van der Waals surface area contributed by atoms with E-state index in [1.807, 2.05) is 0 Å². The number of imide groups is 1. The molecule has 0 aliphatic carbocycles. The van der Waals surface area contributed by atoms with Gasteiger partial charge in [0.05, 0.1) is 23.3 Å². The summed E-state index contributed by atoms with van der Waals surface area (Å²) in [5.74, 6) is -2.00. The Labute approximate surface area is 195 Å². The Kier molecular flexibility index (Phi) is 7.33. The number of carbonyl (C=O) groups excluding carboxylic acids is 4. The van der Waals surface area contributed by atoms with Crippen LogP contribution in [0.4, 0.5) is 5.00 Å². The summed E-state index contributed by atoms with van der Waals surface area (Å²) >= 11 is 1.35. The maximum Gasteiger partial charge on any atom is 0.341 e. The first-order valence-electron chi connectivity index (χ1n) is 10.2. The van der Waals surface area contributed by atoms with Gasteiger partial charge in [-0.25, -0.2) is 4.79 Å². The Morgan fingerprint density at radius 1 is 1.12 bits per heavy atom. The lowest BCUT2D eigenvalue weighted by Crippen LogP contribution is -2.37. The molecule has 8 nitrogen and oxygen atoms in total. The fraction of sp³-hybridized carbons (Fsp3) is 0.364. The molecular weight excluding hydrogens is 454 g/mol. The summed E-state index contributed by atoms with van der Waals surface area (Å²) in [5, 5.41) is 3.15. The van der Waals surface area contributed by atoms with Crippen molar-refractivity contribution in [1.82, 2.24) is 9.80 Å². The van der Waals surface area contributed by atoms with Crippen molar-refractivity contribution >= 4 is 52.4 Å². The van der Waals surface area contributed by atoms with Crippen molar-refractivity contribution in [3.63, 3.8) is 0 Å². The van der Waals surface area contributed by atoms with Gasteiger partial charge >= 0.3 is 5.97 Å². The highest BCUT2D eigenvalue weighted by atomic mass is 35.5. The first kappa shape index (κ1) is 23.9. The van der Waals surface area contributed by atoms with Crippen LogP contribution >= 0.6 is 23.7 Å². The number of hydrogen-bond acceptors (Lipinski definition) is 7. The zero-order chi connectivity index (χ0) is 22.1. The van der Waals surface area contributed by atoms with Crippen LogP contribution in [0, 0.1) is 0 Å². The van der Waals surface area contributed by atoms with Gasteiger partial charge in [0.15, 0.2) is 0 Å². The van der Waals surface area contributed by atoms with Crippen LogP contribution in [0.2, 0.25) is 0 Å². The van der Waals surface area contributed by atoms with Crippen LogP contribution in [0.15, 0.2) is 24.3 Å². The van der Waals surface area contributed by atoms with Crippen LogP contribution in [-0.2, 0) is 22.5 Å². The van der Waals surface area contributed by atoms with Crippen LogP contribution in [0.3, 0.4) is 0 Å². The van der Waals surface area contributed by atoms with Crippen LogP contribution in [0.25, 0.3) is 0 Å². The minimum absolute atomic E-state index is 0. The van der Waals surface area contributed by atoms with Gasteiger partial charge in [0, 0.05) is 18.0 Å². The molecule has 32 heavy (non-hydrogen) atoms. The molecule has 0 bridgehead atoms. The van der Waals surface area contributed by atoms with E-state index in [1.165, 1.54) is 11.3 Å². The van der Waals surface area contributed by atoms with Gasteiger partial charge in [0.25, 0.3) is 11.8 Å². The predicted molar refractivity (Wildman–Crippen MR) is 123 cm³/mol. The van der Waals surface area contributed by atoms with Crippen molar-refractivity contribution in [3.8, 4) is 0 Å². The van der Waals surface area contributed by atoms with E-state index in [4.69, 9.17) is 4.74 Å². The Morgan fingerprint density at radius 2 is 1.78 bits per heavy atom. The first-order valence-corrected chi connectivity index (χ1v) is 11.0. The lowest BCUT2D eigenvalue weighted by Gasteiger charge is -2.25. The number of fused-ring (bicyclic) bond motifs is 2. The van der Waals surface area contributed by atoms with E-state index in [0.29, 0.717) is 34.7 Å². The summed E-state index contributed by atoms with van der Waals surface area (Å²) in [6.07, 6.45) is 0.697. The van der Waals surface area contributed by atoms with Crippen LogP contribution in [0.1, 0.15) is 55.4 Å². The molecule has 3 heterocycles. The number of ether oxygens (including phenoxy) is 1. The molecule has 1 aromatic heterocycles. The van der Waals surface area contributed by atoms with Crippen molar-refractivity contribution in [1.29, 1.82) is 0 Å². The number of nitrogens with zero attached hydrogens (tertiary/aromatic N) is 2. The van der Waals surface area contributed by atoms with Crippen LogP contribution < -0.4 is 5.32 Å². The lowest BCUT2D eigenvalue weighted by molar-refractivity contribution is -0.116. The molecule has 0 fully saturated rings. The lowest BCUT2D eigenvalue weighted by atomic mass is 10.0. The molecule has 3 amide bonds. The summed E-state index contributed by atoms with van der Waals surface area (Å²) in [6.45, 7) is 6.05. The third-order valence-corrected chi connectivity index (χ3v) is 6.63. The van der Waals surface area contributed by atoms with Crippen molar-refractivity contribution < 1.29 is 23.9 Å². The van der Waals surface area contributed by atoms with Gasteiger partial charge in [0.1, 0.15) is 11.5 Å². The van der Waals surface area contributed by atoms with E-state index in [9.17, 15) is 19.2 Å². The molecule has 0 saturated heterocycles. The number of amides is 3. The highest BCUT2D eigenvalue weighted by molar-refractivity contribution is 7.17. The number of halogens is 1. The molecule has 2 aliphatic rings. The van der Waals surface area contributed by atoms with Gasteiger partial charge < -0.3 is 10.1 Å². The average molecular weight is 478 g/mol. The largest absolute Gasteiger partial charge is 0.462 e. The SMILES string of the molecule is CCOC(=O)c1c(NC(=O)CN2C(=O)c3ccccc3C2=O)sc2c1CCN(CC)C2.Cl. The predicted octanol–water partition coefficient (Wildman–Crippen LogP) is 2.96. The molecule has 1 N–H and O–H groups in total. The number of nitrogens with one attached hydrogen (secondary N) is 1. The highest BCUT2D eigenvalue weighted by Gasteiger charge is 2.37. The molecule has 170 valence electrons. The van der Waals surface area contributed by atoms with Gasteiger partial charge in [-0.2, -0.15) is 0 Å². The van der Waals surface area contributed by atoms with Crippen molar-refractivity contribution in [2.24, 2.45) is 0 Å². The monoisotopic (exact) mass is 477 g/mol. The third kappa shape index (κ3) is 4.28. The second-order valence-electron chi connectivity index (χ2n) is 7.34. The van der Waals surface area contributed by atoms with E-state index < -0.39 is 30.2 Å². The summed E-state index contributed by atoms with van der Waals surface area (Å²) in [4.78, 5) is 54.7. The van der Waals surface area contributed by atoms with Crippen LogP contribution in [0.5, 0.6) is 0 Å². The molecule has 2 aliphatic heterocycles. The van der Waals surface area contributed by atoms with E-state index in [2.05, 4.69) is 17.1 Å². The second-order valence-corrected chi connectivity index (χ2v) is 8.44. The average Bonchev–Trinajstić information content (AvgIpc) is 3.23. The fourth-order valence-electron chi connectivity index (χ4n) is 3.93. The first-order chi connectivity index (χ1) is 14.9. The maximum atomic E-state index is 12.8. The molecule has 0 spiro atoms. The molecule has 10 heteroatoms. The number of thiophene rings is 1. The molecule has 0 atom stereocenters. The standard InChI is InChI=1S/C22H23N3O5S.ClH/c1-3-24-10-9-15-16(11-24)31-19(18(15)22(29)30-4-2)23-17(26)12-25-20(27)13-7-5-6-8-14(13)21(25)28;/h5-8H,3-4,9-12H2,1-2H3,(H,23,26);1H. The van der Waals surface area contributed by atoms with E-state index in [-0.39, 0.29) is 19.0 Å². The Balaban J connectivity index is 0.00000289. The highest BCUT2D eigenvalue weighted by Crippen LogP contribution is 2.37. The molecular formula is C22H24ClN3O5S. The van der Waals surface area contributed by atoms with E-state index >= 15 is 0 Å². The summed E-state index contributed by atoms with van der Waals surface area (Å²) in [6, 6.07) is 6.49. The Morgan fingerprint density at radius 3 is 2.38 bits per heavy atom. The zero-order valence-electron chi connectivity index (χ0n) is 17.8. The number of esters is 1. The fourth-order valence-corrected chi connectivity index (χ4v) is 5.22. The maximum absolute atomic E-state index is 12.8. The van der Waals surface area contributed by atoms with Crippen molar-refractivity contribution in [3.05, 3.63) is 51.4 Å². The number of hydrogen-bond donors (Lipinski definition) is 1. The zero-order valence-corrected chi connectivity index (χ0v) is 19.4. The van der Waals surface area contributed by atoms with Gasteiger partial charge in [-0.1, -0.05) is 19.1 Å². The number of benzene rings is 1. The molecule has 0 saturated carbocycles. The summed E-state index contributed by atoms with van der Waals surface area (Å²) < 4.78 is 5.22. The number of likely N-dealkylation sites (N-methyl/N-ethyl adjacent to an activating group) is 1. The molecule has 0 radical (unpaired) electrons. The van der Waals surface area contributed by atoms with Crippen molar-refractivity contribution in [2.75, 3.05) is 31.6 Å². The van der Waals surface area contributed by atoms with Crippen molar-refractivity contribution in [2.45, 2.75) is 26.8 Å². The number of rotatable bonds is 6. The smallest absolute Gasteiger partial charge is 0.341 e. The topological polar surface area (TPSA) is 96.0 Å². The molecule has 4 rings (SSSR count). The number of carbonyl (C=O) groups is 4. The molecule has 0 unspecified atom stereocenters. The quantitative estimate of drug-likeness (QED) is 0.507. The van der Waals surface area contributed by atoms with Gasteiger partial charge in [-0.3, -0.25) is 24.2 Å². The Bertz CT molecular complexity index is 1050. The second kappa shape index (κ2) is 9.81. The third-order valence-electron chi connectivity index (χ3n) is 5.50. The van der Waals surface area contributed by atoms with Crippen LogP contribution in [-0.4, -0.2) is 59.7 Å². The molecule has 2 aromatic rings. The van der Waals surface area contributed by atoms with Gasteiger partial charge in [0.2, 0.25) is 5.91 Å². The Hall–Kier alpha value is -2.75. The van der Waals surface area contributed by atoms with Gasteiger partial charge in [-0.15, -0.1) is 23.7 Å². The number of anilines is 1. The minimum atomic E-state index is -0.536. The van der Waals surface area contributed by atoms with E-state index in [0.717, 1.165) is 28.4 Å². The summed E-state index contributed by atoms with van der Waals surface area (Å²) in [7, 11) is 0. The van der Waals surface area contributed by atoms with Gasteiger partial charge in [-0.05, 0) is 37.6 Å². The van der Waals surface area contributed by atoms with E-state index in [1.54, 1.807) is 31.2 Å². The normalized spacial score (nSPS) is 15.1. The summed E-state index contributed by atoms with van der Waals surface area (Å²) in [5.41, 5.74) is 1.87. The minimum Gasteiger partial charge on any atom is -0.462 e. The molecule has 1 aromatic carbocycles.